The molecular weight excluding hydrogens is 318 g/mol. The van der Waals surface area contributed by atoms with E-state index in [0.717, 1.165) is 19.3 Å². The maximum atomic E-state index is 12.9. The molecule has 1 aliphatic heterocycles. The van der Waals surface area contributed by atoms with E-state index in [4.69, 9.17) is 10.5 Å². The summed E-state index contributed by atoms with van der Waals surface area (Å²) < 4.78 is 5.55. The Morgan fingerprint density at radius 1 is 1.04 bits per heavy atom. The molecule has 1 fully saturated rings. The number of ether oxygens (including phenoxy) is 1. The molecule has 2 N–H and O–H groups in total. The van der Waals surface area contributed by atoms with Crippen LogP contribution in [-0.4, -0.2) is 34.8 Å². The van der Waals surface area contributed by atoms with Gasteiger partial charge in [-0.15, -0.1) is 0 Å². The summed E-state index contributed by atoms with van der Waals surface area (Å²) in [7, 11) is 0. The number of likely N-dealkylation sites (tertiary alicyclic amines) is 1. The zero-order valence-electron chi connectivity index (χ0n) is 13.9. The van der Waals surface area contributed by atoms with Crippen molar-refractivity contribution in [1.29, 1.82) is 0 Å². The van der Waals surface area contributed by atoms with E-state index in [0.29, 0.717) is 18.7 Å². The number of carbonyl (C=O) groups excluding carboxylic acids is 2. The lowest BCUT2D eigenvalue weighted by atomic mass is 10.1. The molecule has 130 valence electrons. The highest BCUT2D eigenvalue weighted by Crippen LogP contribution is 2.24. The Morgan fingerprint density at radius 3 is 2.44 bits per heavy atom. The molecule has 25 heavy (non-hydrogen) atoms. The minimum atomic E-state index is -0.992. The van der Waals surface area contributed by atoms with E-state index >= 15 is 0 Å². The van der Waals surface area contributed by atoms with E-state index in [-0.39, 0.29) is 17.3 Å². The van der Waals surface area contributed by atoms with Gasteiger partial charge >= 0.3 is 5.97 Å². The Kier molecular flexibility index (Phi) is 5.28. The second-order valence-corrected chi connectivity index (χ2v) is 6.02. The number of nitrogen functional groups attached to an aromatic ring is 1. The predicted octanol–water partition coefficient (Wildman–Crippen LogP) is 2.57. The number of piperidine rings is 1. The van der Waals surface area contributed by atoms with Crippen LogP contribution < -0.4 is 5.73 Å². The van der Waals surface area contributed by atoms with Gasteiger partial charge in [-0.2, -0.15) is 0 Å². The molecule has 2 aromatic rings. The maximum absolute atomic E-state index is 12.9. The molecule has 1 saturated heterocycles. The monoisotopic (exact) mass is 339 g/mol. The molecule has 1 aliphatic rings. The zero-order valence-corrected chi connectivity index (χ0v) is 13.9. The van der Waals surface area contributed by atoms with Crippen molar-refractivity contribution in [2.75, 3.05) is 18.8 Å². The number of hydrogen-bond donors (Lipinski definition) is 1. The van der Waals surface area contributed by atoms with Crippen LogP contribution in [0.15, 0.2) is 48.7 Å². The topological polar surface area (TPSA) is 85.5 Å². The number of pyridine rings is 1. The lowest BCUT2D eigenvalue weighted by Crippen LogP contribution is -2.40. The number of benzene rings is 1. The third-order valence-electron chi connectivity index (χ3n) is 4.25. The maximum Gasteiger partial charge on any atom is 0.360 e. The van der Waals surface area contributed by atoms with Crippen LogP contribution in [0.4, 0.5) is 5.69 Å². The largest absolute Gasteiger partial charge is 0.442 e. The van der Waals surface area contributed by atoms with Crippen LogP contribution in [0.3, 0.4) is 0 Å². The average Bonchev–Trinajstić information content (AvgIpc) is 2.67. The fraction of sp³-hybridized carbons (Fsp3) is 0.316. The van der Waals surface area contributed by atoms with Gasteiger partial charge in [-0.1, -0.05) is 30.3 Å². The van der Waals surface area contributed by atoms with Crippen molar-refractivity contribution in [2.24, 2.45) is 0 Å². The van der Waals surface area contributed by atoms with Gasteiger partial charge in [0.15, 0.2) is 5.69 Å². The summed E-state index contributed by atoms with van der Waals surface area (Å²) >= 11 is 0. The zero-order chi connectivity index (χ0) is 17.6. The smallest absolute Gasteiger partial charge is 0.360 e. The molecule has 1 aromatic carbocycles. The highest BCUT2D eigenvalue weighted by molar-refractivity contribution is 5.95. The van der Waals surface area contributed by atoms with Gasteiger partial charge < -0.3 is 15.4 Å². The summed E-state index contributed by atoms with van der Waals surface area (Å²) in [5.74, 6) is -0.897. The first-order valence-electron chi connectivity index (χ1n) is 8.42. The number of rotatable bonds is 4. The van der Waals surface area contributed by atoms with E-state index in [1.54, 1.807) is 29.2 Å². The average molecular weight is 339 g/mol. The molecule has 6 heteroatoms. The molecule has 1 atom stereocenters. The van der Waals surface area contributed by atoms with Crippen molar-refractivity contribution in [1.82, 2.24) is 9.88 Å². The molecular formula is C19H21N3O3. The van der Waals surface area contributed by atoms with E-state index in [1.807, 2.05) is 18.2 Å². The molecule has 1 unspecified atom stereocenters. The molecule has 0 saturated carbocycles. The quantitative estimate of drug-likeness (QED) is 0.865. The summed E-state index contributed by atoms with van der Waals surface area (Å²) in [6.07, 6.45) is 3.53. The standard InChI is InChI=1S/C19H21N3O3/c20-15-10-7-11-21-16(15)19(24)25-17(14-8-3-1-4-9-14)18(23)22-12-5-2-6-13-22/h1,3-4,7-11,17H,2,5-6,12-13,20H2. The van der Waals surface area contributed by atoms with Crippen LogP contribution in [0.1, 0.15) is 41.4 Å². The van der Waals surface area contributed by atoms with Gasteiger partial charge in [0.05, 0.1) is 5.69 Å². The molecule has 2 heterocycles. The van der Waals surface area contributed by atoms with Crippen molar-refractivity contribution in [3.05, 3.63) is 59.9 Å². The summed E-state index contributed by atoms with van der Waals surface area (Å²) in [6.45, 7) is 1.37. The van der Waals surface area contributed by atoms with E-state index in [1.165, 1.54) is 6.20 Å². The fourth-order valence-corrected chi connectivity index (χ4v) is 2.92. The third kappa shape index (κ3) is 3.96. The highest BCUT2D eigenvalue weighted by atomic mass is 16.5. The van der Waals surface area contributed by atoms with Crippen molar-refractivity contribution < 1.29 is 14.3 Å². The van der Waals surface area contributed by atoms with Gasteiger partial charge in [0.25, 0.3) is 5.91 Å². The minimum absolute atomic E-state index is 0.0230. The predicted molar refractivity (Wildman–Crippen MR) is 93.7 cm³/mol. The first kappa shape index (κ1) is 17.0. The molecule has 6 nitrogen and oxygen atoms in total. The Bertz CT molecular complexity index is 743. The van der Waals surface area contributed by atoms with Crippen molar-refractivity contribution in [2.45, 2.75) is 25.4 Å². The van der Waals surface area contributed by atoms with Crippen LogP contribution in [0.2, 0.25) is 0 Å². The fourth-order valence-electron chi connectivity index (χ4n) is 2.92. The first-order chi connectivity index (χ1) is 12.2. The van der Waals surface area contributed by atoms with E-state index < -0.39 is 12.1 Å². The number of esters is 1. The van der Waals surface area contributed by atoms with E-state index in [9.17, 15) is 9.59 Å². The van der Waals surface area contributed by atoms with Crippen LogP contribution >= 0.6 is 0 Å². The second-order valence-electron chi connectivity index (χ2n) is 6.02. The van der Waals surface area contributed by atoms with Crippen molar-refractivity contribution >= 4 is 17.6 Å². The molecule has 1 aromatic heterocycles. The first-order valence-corrected chi connectivity index (χ1v) is 8.42. The van der Waals surface area contributed by atoms with Crippen LogP contribution in [0, 0.1) is 0 Å². The molecule has 1 amide bonds. The van der Waals surface area contributed by atoms with Gasteiger partial charge in [0, 0.05) is 24.8 Å². The number of nitrogens with two attached hydrogens (primary N) is 1. The highest BCUT2D eigenvalue weighted by Gasteiger charge is 2.31. The summed E-state index contributed by atoms with van der Waals surface area (Å²) in [6, 6.07) is 12.3. The minimum Gasteiger partial charge on any atom is -0.442 e. The summed E-state index contributed by atoms with van der Waals surface area (Å²) in [5.41, 5.74) is 6.69. The van der Waals surface area contributed by atoms with Crippen molar-refractivity contribution in [3.63, 3.8) is 0 Å². The van der Waals surface area contributed by atoms with E-state index in [2.05, 4.69) is 4.98 Å². The second kappa shape index (κ2) is 7.79. The van der Waals surface area contributed by atoms with Gasteiger partial charge in [0.1, 0.15) is 0 Å². The summed E-state index contributed by atoms with van der Waals surface area (Å²) in [5, 5.41) is 0. The van der Waals surface area contributed by atoms with Gasteiger partial charge in [-0.25, -0.2) is 9.78 Å². The lowest BCUT2D eigenvalue weighted by molar-refractivity contribution is -0.142. The SMILES string of the molecule is Nc1cccnc1C(=O)OC(C(=O)N1CCCCC1)c1ccccc1. The molecule has 0 radical (unpaired) electrons. The van der Waals surface area contributed by atoms with Gasteiger partial charge in [-0.05, 0) is 31.4 Å². The van der Waals surface area contributed by atoms with Crippen LogP contribution in [-0.2, 0) is 9.53 Å². The lowest BCUT2D eigenvalue weighted by Gasteiger charge is -2.30. The Balaban J connectivity index is 1.85. The van der Waals surface area contributed by atoms with Crippen LogP contribution in [0.5, 0.6) is 0 Å². The number of amides is 1. The number of nitrogens with zero attached hydrogens (tertiary/aromatic N) is 2. The number of hydrogen-bond acceptors (Lipinski definition) is 5. The third-order valence-corrected chi connectivity index (χ3v) is 4.25. The molecule has 0 spiro atoms. The Morgan fingerprint density at radius 2 is 1.76 bits per heavy atom. The number of aromatic nitrogens is 1. The Hall–Kier alpha value is -2.89. The number of anilines is 1. The van der Waals surface area contributed by atoms with Crippen LogP contribution in [0.25, 0.3) is 0 Å². The van der Waals surface area contributed by atoms with Gasteiger partial charge in [0.2, 0.25) is 6.10 Å². The molecule has 0 aliphatic carbocycles. The molecule has 0 bridgehead atoms. The number of carbonyl (C=O) groups is 2. The van der Waals surface area contributed by atoms with Crippen molar-refractivity contribution in [3.8, 4) is 0 Å². The normalized spacial score (nSPS) is 15.4. The van der Waals surface area contributed by atoms with Gasteiger partial charge in [-0.3, -0.25) is 4.79 Å². The Labute approximate surface area is 146 Å². The summed E-state index contributed by atoms with van der Waals surface area (Å²) in [4.78, 5) is 31.2. The molecule has 3 rings (SSSR count).